The Kier molecular flexibility index (Phi) is 6.53. The number of rotatable bonds is 9. The molecule has 1 heterocycles. The molecule has 0 spiro atoms. The number of nitro groups is 1. The Bertz CT molecular complexity index is 702. The van der Waals surface area contributed by atoms with E-state index >= 15 is 0 Å². The first-order valence-electron chi connectivity index (χ1n) is 7.95. The van der Waals surface area contributed by atoms with E-state index in [9.17, 15) is 20.0 Å². The average Bonchev–Trinajstić information content (AvgIpc) is 3.09. The van der Waals surface area contributed by atoms with Crippen LogP contribution < -0.4 is 10.6 Å². The van der Waals surface area contributed by atoms with Crippen molar-refractivity contribution in [2.75, 3.05) is 11.9 Å². The maximum atomic E-state index is 11.9. The number of carbonyl (C=O) groups is 1. The molecule has 3 N–H and O–H groups in total. The molecule has 0 saturated carbocycles. The molecule has 0 radical (unpaired) electrons. The third kappa shape index (κ3) is 5.61. The number of aliphatic hydroxyl groups is 1. The SMILES string of the molecule is CC(CC(O)c1ccco1)NC(=O)CCNc1ccccc1[N+](=O)[O-]. The molecule has 1 amide bonds. The number of carbonyl (C=O) groups excluding carboxylic acids is 1. The number of nitro benzene ring substituents is 1. The Labute approximate surface area is 145 Å². The van der Waals surface area contributed by atoms with E-state index in [0.29, 0.717) is 17.9 Å². The molecular formula is C17H21N3O5. The van der Waals surface area contributed by atoms with Crippen LogP contribution in [0.2, 0.25) is 0 Å². The van der Waals surface area contributed by atoms with Crippen LogP contribution in [0.4, 0.5) is 11.4 Å². The van der Waals surface area contributed by atoms with Crippen molar-refractivity contribution in [2.45, 2.75) is 31.9 Å². The van der Waals surface area contributed by atoms with Crippen molar-refractivity contribution >= 4 is 17.3 Å². The smallest absolute Gasteiger partial charge is 0.292 e. The van der Waals surface area contributed by atoms with Crippen molar-refractivity contribution in [3.8, 4) is 0 Å². The molecule has 134 valence electrons. The molecule has 0 aliphatic carbocycles. The second-order valence-electron chi connectivity index (χ2n) is 5.69. The van der Waals surface area contributed by atoms with Crippen LogP contribution in [-0.2, 0) is 4.79 Å². The summed E-state index contributed by atoms with van der Waals surface area (Å²) in [5, 5.41) is 26.6. The van der Waals surface area contributed by atoms with E-state index in [1.54, 1.807) is 37.3 Å². The van der Waals surface area contributed by atoms with Gasteiger partial charge in [0.15, 0.2) is 0 Å². The van der Waals surface area contributed by atoms with Gasteiger partial charge < -0.3 is 20.2 Å². The third-order valence-electron chi connectivity index (χ3n) is 3.62. The lowest BCUT2D eigenvalue weighted by atomic mass is 10.1. The van der Waals surface area contributed by atoms with Gasteiger partial charge in [0.05, 0.1) is 11.2 Å². The van der Waals surface area contributed by atoms with Crippen LogP contribution in [0.15, 0.2) is 47.1 Å². The van der Waals surface area contributed by atoms with Gasteiger partial charge >= 0.3 is 0 Å². The number of nitrogens with one attached hydrogen (secondary N) is 2. The fourth-order valence-corrected chi connectivity index (χ4v) is 2.43. The zero-order valence-electron chi connectivity index (χ0n) is 13.8. The number of aliphatic hydroxyl groups excluding tert-OH is 1. The maximum absolute atomic E-state index is 11.9. The Morgan fingerprint density at radius 1 is 1.32 bits per heavy atom. The summed E-state index contributed by atoms with van der Waals surface area (Å²) < 4.78 is 5.12. The molecule has 0 bridgehead atoms. The highest BCUT2D eigenvalue weighted by molar-refractivity contribution is 5.77. The summed E-state index contributed by atoms with van der Waals surface area (Å²) in [4.78, 5) is 22.4. The van der Waals surface area contributed by atoms with Gasteiger partial charge in [-0.2, -0.15) is 0 Å². The van der Waals surface area contributed by atoms with Crippen LogP contribution in [0.3, 0.4) is 0 Å². The largest absolute Gasteiger partial charge is 0.467 e. The Morgan fingerprint density at radius 3 is 2.76 bits per heavy atom. The normalized spacial score (nSPS) is 13.0. The van der Waals surface area contributed by atoms with E-state index in [2.05, 4.69) is 10.6 Å². The Morgan fingerprint density at radius 2 is 2.08 bits per heavy atom. The molecule has 0 saturated heterocycles. The molecule has 0 aliphatic heterocycles. The minimum Gasteiger partial charge on any atom is -0.467 e. The van der Waals surface area contributed by atoms with Crippen LogP contribution in [0.25, 0.3) is 0 Å². The van der Waals surface area contributed by atoms with E-state index < -0.39 is 11.0 Å². The summed E-state index contributed by atoms with van der Waals surface area (Å²) >= 11 is 0. The second-order valence-corrected chi connectivity index (χ2v) is 5.69. The number of hydrogen-bond donors (Lipinski definition) is 3. The third-order valence-corrected chi connectivity index (χ3v) is 3.62. The number of anilines is 1. The average molecular weight is 347 g/mol. The summed E-state index contributed by atoms with van der Waals surface area (Å²) in [6, 6.07) is 9.40. The summed E-state index contributed by atoms with van der Waals surface area (Å²) in [5.41, 5.74) is 0.347. The number of amides is 1. The van der Waals surface area contributed by atoms with Gasteiger partial charge in [-0.25, -0.2) is 0 Å². The molecule has 8 heteroatoms. The minimum absolute atomic E-state index is 0.0298. The summed E-state index contributed by atoms with van der Waals surface area (Å²) in [7, 11) is 0. The highest BCUT2D eigenvalue weighted by atomic mass is 16.6. The van der Waals surface area contributed by atoms with Crippen molar-refractivity contribution in [1.82, 2.24) is 5.32 Å². The molecular weight excluding hydrogens is 326 g/mol. The fraction of sp³-hybridized carbons (Fsp3) is 0.353. The standard InChI is InChI=1S/C17H21N3O5/c1-12(11-15(21)16-7-4-10-25-16)19-17(22)8-9-18-13-5-2-3-6-14(13)20(23)24/h2-7,10,12,15,18,21H,8-9,11H2,1H3,(H,19,22). The predicted octanol–water partition coefficient (Wildman–Crippen LogP) is 2.62. The highest BCUT2D eigenvalue weighted by Gasteiger charge is 2.17. The summed E-state index contributed by atoms with van der Waals surface area (Å²) in [5.74, 6) is 0.254. The lowest BCUT2D eigenvalue weighted by Crippen LogP contribution is -2.34. The zero-order chi connectivity index (χ0) is 18.2. The van der Waals surface area contributed by atoms with Gasteiger partial charge in [-0.15, -0.1) is 0 Å². The van der Waals surface area contributed by atoms with Crippen molar-refractivity contribution < 1.29 is 19.2 Å². The van der Waals surface area contributed by atoms with Crippen LogP contribution in [0, 0.1) is 10.1 Å². The van der Waals surface area contributed by atoms with Gasteiger partial charge in [-0.05, 0) is 25.1 Å². The van der Waals surface area contributed by atoms with Gasteiger partial charge in [-0.3, -0.25) is 14.9 Å². The van der Waals surface area contributed by atoms with E-state index in [-0.39, 0.29) is 30.6 Å². The van der Waals surface area contributed by atoms with Crippen molar-refractivity contribution in [3.05, 3.63) is 58.5 Å². The first kappa shape index (κ1) is 18.5. The van der Waals surface area contributed by atoms with Crippen molar-refractivity contribution in [2.24, 2.45) is 0 Å². The zero-order valence-corrected chi connectivity index (χ0v) is 13.8. The molecule has 25 heavy (non-hydrogen) atoms. The number of para-hydroxylation sites is 2. The lowest BCUT2D eigenvalue weighted by Gasteiger charge is -2.17. The van der Waals surface area contributed by atoms with Gasteiger partial charge in [0.1, 0.15) is 17.6 Å². The van der Waals surface area contributed by atoms with Crippen molar-refractivity contribution in [1.29, 1.82) is 0 Å². The molecule has 2 rings (SSSR count). The van der Waals surface area contributed by atoms with Gasteiger partial charge in [0.25, 0.3) is 5.69 Å². The first-order valence-corrected chi connectivity index (χ1v) is 7.95. The summed E-state index contributed by atoms with van der Waals surface area (Å²) in [6.45, 7) is 2.06. The van der Waals surface area contributed by atoms with E-state index in [1.165, 1.54) is 12.3 Å². The molecule has 0 aliphatic rings. The van der Waals surface area contributed by atoms with Crippen LogP contribution in [0.5, 0.6) is 0 Å². The highest BCUT2D eigenvalue weighted by Crippen LogP contribution is 2.23. The predicted molar refractivity (Wildman–Crippen MR) is 92.1 cm³/mol. The quantitative estimate of drug-likeness (QED) is 0.474. The van der Waals surface area contributed by atoms with Gasteiger partial charge in [-0.1, -0.05) is 12.1 Å². The van der Waals surface area contributed by atoms with Crippen LogP contribution >= 0.6 is 0 Å². The number of hydrogen-bond acceptors (Lipinski definition) is 6. The minimum atomic E-state index is -0.782. The number of nitrogens with zero attached hydrogens (tertiary/aromatic N) is 1. The van der Waals surface area contributed by atoms with E-state index in [1.807, 2.05) is 0 Å². The Balaban J connectivity index is 1.74. The molecule has 2 atom stereocenters. The monoisotopic (exact) mass is 347 g/mol. The molecule has 8 nitrogen and oxygen atoms in total. The Hall–Kier alpha value is -2.87. The molecule has 2 aromatic rings. The first-order chi connectivity index (χ1) is 12.0. The fourth-order valence-electron chi connectivity index (χ4n) is 2.43. The lowest BCUT2D eigenvalue weighted by molar-refractivity contribution is -0.384. The van der Waals surface area contributed by atoms with Crippen LogP contribution in [0.1, 0.15) is 31.6 Å². The number of furan rings is 1. The van der Waals surface area contributed by atoms with Crippen molar-refractivity contribution in [3.63, 3.8) is 0 Å². The van der Waals surface area contributed by atoms with Gasteiger partial charge in [0.2, 0.25) is 5.91 Å². The number of benzene rings is 1. The van der Waals surface area contributed by atoms with E-state index in [4.69, 9.17) is 4.42 Å². The molecule has 0 fully saturated rings. The summed E-state index contributed by atoms with van der Waals surface area (Å²) in [6.07, 6.45) is 1.19. The maximum Gasteiger partial charge on any atom is 0.292 e. The molecule has 1 aromatic heterocycles. The second kappa shape index (κ2) is 8.84. The van der Waals surface area contributed by atoms with Crippen LogP contribution in [-0.4, -0.2) is 28.5 Å². The van der Waals surface area contributed by atoms with E-state index in [0.717, 1.165) is 0 Å². The topological polar surface area (TPSA) is 118 Å². The van der Waals surface area contributed by atoms with Gasteiger partial charge in [0, 0.05) is 31.5 Å². The molecule has 2 unspecified atom stereocenters. The molecule has 1 aromatic carbocycles.